The molecule has 1 saturated carbocycles. The van der Waals surface area contributed by atoms with Crippen molar-refractivity contribution in [1.82, 2.24) is 0 Å². The van der Waals surface area contributed by atoms with E-state index >= 15 is 0 Å². The molecule has 2 rings (SSSR count). The highest BCUT2D eigenvalue weighted by Crippen LogP contribution is 2.33. The molecule has 12 heavy (non-hydrogen) atoms. The van der Waals surface area contributed by atoms with Crippen LogP contribution in [0.15, 0.2) is 24.3 Å². The summed E-state index contributed by atoms with van der Waals surface area (Å²) in [6.45, 7) is 2.14. The lowest BCUT2D eigenvalue weighted by atomic mass is 10.1. The van der Waals surface area contributed by atoms with Gasteiger partial charge in [-0.1, -0.05) is 42.7 Å². The van der Waals surface area contributed by atoms with Crippen molar-refractivity contribution in [3.05, 3.63) is 35.4 Å². The molecule has 0 bridgehead atoms. The summed E-state index contributed by atoms with van der Waals surface area (Å²) >= 11 is 0. The van der Waals surface area contributed by atoms with Crippen LogP contribution in [0.1, 0.15) is 30.4 Å². The topological polar surface area (TPSA) is 0 Å². The number of benzene rings is 1. The van der Waals surface area contributed by atoms with Gasteiger partial charge in [-0.15, -0.1) is 0 Å². The fourth-order valence-electron chi connectivity index (χ4n) is 1.53. The normalized spacial score (nSPS) is 16.4. The SMILES string of the molecule is Cc1ccc(CCC2CC2)cc1. The van der Waals surface area contributed by atoms with Gasteiger partial charge in [0.2, 0.25) is 0 Å². The fraction of sp³-hybridized carbons (Fsp3) is 0.500. The van der Waals surface area contributed by atoms with Crippen molar-refractivity contribution in [2.24, 2.45) is 5.92 Å². The third-order valence-electron chi connectivity index (χ3n) is 2.66. The van der Waals surface area contributed by atoms with E-state index in [1.807, 2.05) is 0 Å². The van der Waals surface area contributed by atoms with Crippen LogP contribution in [0.5, 0.6) is 0 Å². The Morgan fingerprint density at radius 3 is 2.42 bits per heavy atom. The molecular weight excluding hydrogens is 144 g/mol. The maximum Gasteiger partial charge on any atom is -0.0276 e. The van der Waals surface area contributed by atoms with Crippen molar-refractivity contribution in [2.75, 3.05) is 0 Å². The van der Waals surface area contributed by atoms with Gasteiger partial charge in [-0.2, -0.15) is 0 Å². The third kappa shape index (κ3) is 2.10. The molecule has 1 aliphatic carbocycles. The van der Waals surface area contributed by atoms with E-state index in [9.17, 15) is 0 Å². The van der Waals surface area contributed by atoms with Crippen molar-refractivity contribution in [1.29, 1.82) is 0 Å². The van der Waals surface area contributed by atoms with E-state index in [2.05, 4.69) is 31.2 Å². The van der Waals surface area contributed by atoms with E-state index in [1.54, 1.807) is 0 Å². The summed E-state index contributed by atoms with van der Waals surface area (Å²) in [7, 11) is 0. The highest BCUT2D eigenvalue weighted by Gasteiger charge is 2.20. The predicted molar refractivity (Wildman–Crippen MR) is 52.2 cm³/mol. The van der Waals surface area contributed by atoms with E-state index in [4.69, 9.17) is 0 Å². The molecule has 1 fully saturated rings. The van der Waals surface area contributed by atoms with Crippen molar-refractivity contribution >= 4 is 0 Å². The molecule has 0 spiro atoms. The van der Waals surface area contributed by atoms with Gasteiger partial charge >= 0.3 is 0 Å². The molecule has 0 N–H and O–H groups in total. The Hall–Kier alpha value is -0.780. The maximum atomic E-state index is 2.26. The van der Waals surface area contributed by atoms with Crippen LogP contribution in [-0.4, -0.2) is 0 Å². The molecular formula is C12H16. The minimum atomic E-state index is 1.06. The van der Waals surface area contributed by atoms with Gasteiger partial charge in [0.05, 0.1) is 0 Å². The van der Waals surface area contributed by atoms with Crippen LogP contribution in [0.4, 0.5) is 0 Å². The van der Waals surface area contributed by atoms with E-state index < -0.39 is 0 Å². The largest absolute Gasteiger partial charge is 0.0591 e. The lowest BCUT2D eigenvalue weighted by Crippen LogP contribution is -1.86. The number of aryl methyl sites for hydroxylation is 2. The summed E-state index contributed by atoms with van der Waals surface area (Å²) in [5.74, 6) is 1.06. The summed E-state index contributed by atoms with van der Waals surface area (Å²) in [5, 5.41) is 0. The fourth-order valence-corrected chi connectivity index (χ4v) is 1.53. The van der Waals surface area contributed by atoms with Crippen LogP contribution < -0.4 is 0 Å². The van der Waals surface area contributed by atoms with Gasteiger partial charge in [-0.3, -0.25) is 0 Å². The number of hydrogen-bond donors (Lipinski definition) is 0. The van der Waals surface area contributed by atoms with Gasteiger partial charge in [0.1, 0.15) is 0 Å². The van der Waals surface area contributed by atoms with Crippen LogP contribution in [0.3, 0.4) is 0 Å². The summed E-state index contributed by atoms with van der Waals surface area (Å²) in [6, 6.07) is 8.94. The van der Waals surface area contributed by atoms with Crippen molar-refractivity contribution in [3.8, 4) is 0 Å². The summed E-state index contributed by atoms with van der Waals surface area (Å²) in [5.41, 5.74) is 2.87. The lowest BCUT2D eigenvalue weighted by Gasteiger charge is -1.99. The monoisotopic (exact) mass is 160 g/mol. The van der Waals surface area contributed by atoms with Gasteiger partial charge in [-0.05, 0) is 31.2 Å². The first-order valence-electron chi connectivity index (χ1n) is 4.90. The Kier molecular flexibility index (Phi) is 2.16. The van der Waals surface area contributed by atoms with Gasteiger partial charge in [0.15, 0.2) is 0 Å². The minimum absolute atomic E-state index is 1.06. The van der Waals surface area contributed by atoms with Crippen molar-refractivity contribution in [2.45, 2.75) is 32.6 Å². The van der Waals surface area contributed by atoms with Crippen molar-refractivity contribution < 1.29 is 0 Å². The second-order valence-corrected chi connectivity index (χ2v) is 3.97. The molecule has 0 nitrogen and oxygen atoms in total. The molecule has 1 aromatic carbocycles. The first-order valence-corrected chi connectivity index (χ1v) is 4.90. The molecule has 0 heteroatoms. The van der Waals surface area contributed by atoms with Gasteiger partial charge in [0, 0.05) is 0 Å². The molecule has 0 aromatic heterocycles. The Bertz CT molecular complexity index is 241. The van der Waals surface area contributed by atoms with Crippen LogP contribution in [0, 0.1) is 12.8 Å². The number of rotatable bonds is 3. The molecule has 0 aliphatic heterocycles. The summed E-state index contributed by atoms with van der Waals surface area (Å²) in [4.78, 5) is 0. The van der Waals surface area contributed by atoms with Gasteiger partial charge in [-0.25, -0.2) is 0 Å². The van der Waals surface area contributed by atoms with Crippen LogP contribution >= 0.6 is 0 Å². The standard InChI is InChI=1S/C12H16/c1-10-2-4-11(5-3-10)6-7-12-8-9-12/h2-5,12H,6-9H2,1H3. The minimum Gasteiger partial charge on any atom is -0.0591 e. The second kappa shape index (κ2) is 3.30. The predicted octanol–water partition coefficient (Wildman–Crippen LogP) is 3.34. The zero-order valence-electron chi connectivity index (χ0n) is 7.72. The van der Waals surface area contributed by atoms with E-state index in [0.717, 1.165) is 5.92 Å². The number of hydrogen-bond acceptors (Lipinski definition) is 0. The maximum absolute atomic E-state index is 2.26. The van der Waals surface area contributed by atoms with Gasteiger partial charge in [0.25, 0.3) is 0 Å². The molecule has 0 saturated heterocycles. The van der Waals surface area contributed by atoms with Crippen LogP contribution in [0.25, 0.3) is 0 Å². The Morgan fingerprint density at radius 1 is 1.17 bits per heavy atom. The highest BCUT2D eigenvalue weighted by atomic mass is 14.3. The smallest absolute Gasteiger partial charge is 0.0276 e. The zero-order chi connectivity index (χ0) is 8.39. The summed E-state index contributed by atoms with van der Waals surface area (Å²) < 4.78 is 0. The molecule has 0 heterocycles. The molecule has 0 radical (unpaired) electrons. The van der Waals surface area contributed by atoms with Crippen LogP contribution in [0.2, 0.25) is 0 Å². The molecule has 0 amide bonds. The highest BCUT2D eigenvalue weighted by molar-refractivity contribution is 5.21. The summed E-state index contributed by atoms with van der Waals surface area (Å²) in [6.07, 6.45) is 5.64. The first-order chi connectivity index (χ1) is 5.84. The Balaban J connectivity index is 1.89. The van der Waals surface area contributed by atoms with E-state index in [-0.39, 0.29) is 0 Å². The van der Waals surface area contributed by atoms with E-state index in [1.165, 1.54) is 36.8 Å². The molecule has 0 atom stereocenters. The second-order valence-electron chi connectivity index (χ2n) is 3.97. The lowest BCUT2D eigenvalue weighted by molar-refractivity contribution is 0.726. The quantitative estimate of drug-likeness (QED) is 0.636. The van der Waals surface area contributed by atoms with Crippen LogP contribution in [-0.2, 0) is 6.42 Å². The molecule has 64 valence electrons. The Morgan fingerprint density at radius 2 is 1.83 bits per heavy atom. The average Bonchev–Trinajstić information content (AvgIpc) is 2.87. The molecule has 1 aliphatic rings. The average molecular weight is 160 g/mol. The van der Waals surface area contributed by atoms with E-state index in [0.29, 0.717) is 0 Å². The molecule has 1 aromatic rings. The molecule has 0 unspecified atom stereocenters. The van der Waals surface area contributed by atoms with Gasteiger partial charge < -0.3 is 0 Å². The zero-order valence-corrected chi connectivity index (χ0v) is 7.72. The van der Waals surface area contributed by atoms with Crippen molar-refractivity contribution in [3.63, 3.8) is 0 Å². The Labute approximate surface area is 74.6 Å². The first kappa shape index (κ1) is 7.85. The third-order valence-corrected chi connectivity index (χ3v) is 2.66.